The number of hydrogen-bond donors (Lipinski definition) is 2. The monoisotopic (exact) mass is 237 g/mol. The van der Waals surface area contributed by atoms with Gasteiger partial charge in [-0.15, -0.1) is 11.3 Å². The predicted molar refractivity (Wildman–Crippen MR) is 64.0 cm³/mol. The van der Waals surface area contributed by atoms with Crippen LogP contribution in [0.25, 0.3) is 0 Å². The fraction of sp³-hybridized carbons (Fsp3) is 0.400. The summed E-state index contributed by atoms with van der Waals surface area (Å²) < 4.78 is 1.77. The molecule has 0 radical (unpaired) electrons. The van der Waals surface area contributed by atoms with Crippen molar-refractivity contribution in [2.75, 3.05) is 0 Å². The normalized spacial score (nSPS) is 13.0. The van der Waals surface area contributed by atoms with Gasteiger partial charge in [0.25, 0.3) is 0 Å². The molecule has 0 aliphatic rings. The topological polar surface area (TPSA) is 68.8 Å². The SMILES string of the molecule is Cc1nc(C)c(C(NN)c2ccn(C)n2)s1. The van der Waals surface area contributed by atoms with E-state index in [9.17, 15) is 0 Å². The van der Waals surface area contributed by atoms with Crippen LogP contribution in [0.4, 0.5) is 0 Å². The first-order chi connectivity index (χ1) is 7.61. The van der Waals surface area contributed by atoms with Crippen molar-refractivity contribution in [3.05, 3.63) is 33.5 Å². The number of hydrazine groups is 1. The summed E-state index contributed by atoms with van der Waals surface area (Å²) in [6, 6.07) is 1.88. The maximum Gasteiger partial charge on any atom is 0.101 e. The molecule has 0 fully saturated rings. The Labute approximate surface area is 98.3 Å². The second-order valence-electron chi connectivity index (χ2n) is 3.70. The molecule has 0 aromatic carbocycles. The highest BCUT2D eigenvalue weighted by Crippen LogP contribution is 2.28. The zero-order valence-corrected chi connectivity index (χ0v) is 10.4. The third kappa shape index (κ3) is 1.99. The highest BCUT2D eigenvalue weighted by atomic mass is 32.1. The maximum absolute atomic E-state index is 5.60. The molecule has 1 unspecified atom stereocenters. The number of nitrogens with one attached hydrogen (secondary N) is 1. The van der Waals surface area contributed by atoms with Gasteiger partial charge in [0, 0.05) is 13.2 Å². The number of aromatic nitrogens is 3. The van der Waals surface area contributed by atoms with E-state index in [2.05, 4.69) is 15.5 Å². The number of aryl methyl sites for hydroxylation is 3. The number of hydrogen-bond acceptors (Lipinski definition) is 5. The summed E-state index contributed by atoms with van der Waals surface area (Å²) in [5.41, 5.74) is 4.72. The fourth-order valence-corrected chi connectivity index (χ4v) is 2.70. The summed E-state index contributed by atoms with van der Waals surface area (Å²) in [5, 5.41) is 5.41. The van der Waals surface area contributed by atoms with Crippen LogP contribution >= 0.6 is 11.3 Å². The molecule has 1 atom stereocenters. The number of nitrogens with two attached hydrogens (primary N) is 1. The van der Waals surface area contributed by atoms with E-state index in [4.69, 9.17) is 5.84 Å². The third-order valence-corrected chi connectivity index (χ3v) is 3.54. The Bertz CT molecular complexity index is 487. The molecule has 0 bridgehead atoms. The van der Waals surface area contributed by atoms with Crippen LogP contribution in [0.1, 0.15) is 27.3 Å². The van der Waals surface area contributed by atoms with Gasteiger partial charge in [-0.3, -0.25) is 10.5 Å². The first-order valence-electron chi connectivity index (χ1n) is 5.01. The Morgan fingerprint density at radius 1 is 1.50 bits per heavy atom. The second kappa shape index (κ2) is 4.32. The van der Waals surface area contributed by atoms with E-state index in [0.29, 0.717) is 0 Å². The molecule has 0 saturated carbocycles. The number of rotatable bonds is 3. The summed E-state index contributed by atoms with van der Waals surface area (Å²) in [4.78, 5) is 5.52. The Balaban J connectivity index is 2.40. The average molecular weight is 237 g/mol. The van der Waals surface area contributed by atoms with Gasteiger partial charge >= 0.3 is 0 Å². The zero-order chi connectivity index (χ0) is 11.7. The minimum absolute atomic E-state index is 0.0765. The van der Waals surface area contributed by atoms with Crippen LogP contribution in [0.3, 0.4) is 0 Å². The van der Waals surface area contributed by atoms with Gasteiger partial charge < -0.3 is 0 Å². The lowest BCUT2D eigenvalue weighted by atomic mass is 10.1. The molecule has 0 saturated heterocycles. The molecular weight excluding hydrogens is 222 g/mol. The number of nitrogens with zero attached hydrogens (tertiary/aromatic N) is 3. The lowest BCUT2D eigenvalue weighted by Gasteiger charge is -2.11. The van der Waals surface area contributed by atoms with Gasteiger partial charge in [0.1, 0.15) is 6.04 Å². The summed E-state index contributed by atoms with van der Waals surface area (Å²) in [6.07, 6.45) is 1.91. The molecule has 6 heteroatoms. The van der Waals surface area contributed by atoms with Gasteiger partial charge in [-0.05, 0) is 19.9 Å². The molecule has 3 N–H and O–H groups in total. The van der Waals surface area contributed by atoms with Crippen molar-refractivity contribution in [1.29, 1.82) is 0 Å². The standard InChI is InChI=1S/C10H15N5S/c1-6-10(16-7(2)12-6)9(13-11)8-4-5-15(3)14-8/h4-5,9,13H,11H2,1-3H3. The van der Waals surface area contributed by atoms with E-state index < -0.39 is 0 Å². The highest BCUT2D eigenvalue weighted by Gasteiger charge is 2.20. The summed E-state index contributed by atoms with van der Waals surface area (Å²) in [7, 11) is 1.89. The molecule has 2 aromatic rings. The van der Waals surface area contributed by atoms with Crippen molar-refractivity contribution >= 4 is 11.3 Å². The van der Waals surface area contributed by atoms with Gasteiger partial charge in [0.2, 0.25) is 0 Å². The summed E-state index contributed by atoms with van der Waals surface area (Å²) in [5.74, 6) is 5.60. The van der Waals surface area contributed by atoms with Crippen LogP contribution < -0.4 is 11.3 Å². The molecule has 0 aliphatic heterocycles. The van der Waals surface area contributed by atoms with Crippen molar-refractivity contribution in [3.63, 3.8) is 0 Å². The molecule has 2 rings (SSSR count). The number of thiazole rings is 1. The average Bonchev–Trinajstić information content (AvgIpc) is 2.76. The Hall–Kier alpha value is -1.24. The summed E-state index contributed by atoms with van der Waals surface area (Å²) >= 11 is 1.65. The van der Waals surface area contributed by atoms with E-state index in [0.717, 1.165) is 21.3 Å². The van der Waals surface area contributed by atoms with E-state index in [-0.39, 0.29) is 6.04 Å². The Morgan fingerprint density at radius 3 is 2.69 bits per heavy atom. The molecule has 86 valence electrons. The molecule has 2 aromatic heterocycles. The van der Waals surface area contributed by atoms with Gasteiger partial charge in [0.15, 0.2) is 0 Å². The van der Waals surface area contributed by atoms with Gasteiger partial charge in [0.05, 0.1) is 21.3 Å². The second-order valence-corrected chi connectivity index (χ2v) is 4.93. The first-order valence-corrected chi connectivity index (χ1v) is 5.83. The molecule has 2 heterocycles. The van der Waals surface area contributed by atoms with Gasteiger partial charge in [-0.1, -0.05) is 0 Å². The summed E-state index contributed by atoms with van der Waals surface area (Å²) in [6.45, 7) is 3.99. The first kappa shape index (κ1) is 11.3. The highest BCUT2D eigenvalue weighted by molar-refractivity contribution is 7.11. The van der Waals surface area contributed by atoms with Crippen LogP contribution in [0.2, 0.25) is 0 Å². The van der Waals surface area contributed by atoms with E-state index >= 15 is 0 Å². The van der Waals surface area contributed by atoms with Crippen LogP contribution in [0.15, 0.2) is 12.3 Å². The largest absolute Gasteiger partial charge is 0.275 e. The van der Waals surface area contributed by atoms with Gasteiger partial charge in [-0.25, -0.2) is 10.4 Å². The van der Waals surface area contributed by atoms with Crippen molar-refractivity contribution in [2.45, 2.75) is 19.9 Å². The van der Waals surface area contributed by atoms with Crippen LogP contribution in [0, 0.1) is 13.8 Å². The molecule has 0 spiro atoms. The van der Waals surface area contributed by atoms with E-state index in [1.807, 2.05) is 33.2 Å². The fourth-order valence-electron chi connectivity index (χ4n) is 1.70. The lowest BCUT2D eigenvalue weighted by Crippen LogP contribution is -2.29. The van der Waals surface area contributed by atoms with Crippen molar-refractivity contribution in [1.82, 2.24) is 20.2 Å². The minimum atomic E-state index is -0.0765. The van der Waals surface area contributed by atoms with E-state index in [1.165, 1.54) is 0 Å². The predicted octanol–water partition coefficient (Wildman–Crippen LogP) is 1.05. The molecule has 5 nitrogen and oxygen atoms in total. The van der Waals surface area contributed by atoms with Crippen LogP contribution in [-0.2, 0) is 7.05 Å². The molecular formula is C10H15N5S. The lowest BCUT2D eigenvalue weighted by molar-refractivity contribution is 0.608. The maximum atomic E-state index is 5.60. The van der Waals surface area contributed by atoms with Crippen molar-refractivity contribution < 1.29 is 0 Å². The van der Waals surface area contributed by atoms with Gasteiger partial charge in [-0.2, -0.15) is 5.10 Å². The van der Waals surface area contributed by atoms with Crippen molar-refractivity contribution in [3.8, 4) is 0 Å². The third-order valence-electron chi connectivity index (χ3n) is 2.40. The van der Waals surface area contributed by atoms with Crippen LogP contribution in [0.5, 0.6) is 0 Å². The minimum Gasteiger partial charge on any atom is -0.275 e. The molecule has 0 aliphatic carbocycles. The van der Waals surface area contributed by atoms with Crippen molar-refractivity contribution in [2.24, 2.45) is 12.9 Å². The smallest absolute Gasteiger partial charge is 0.101 e. The van der Waals surface area contributed by atoms with Crippen LogP contribution in [-0.4, -0.2) is 14.8 Å². The van der Waals surface area contributed by atoms with E-state index in [1.54, 1.807) is 16.0 Å². The Kier molecular flexibility index (Phi) is 3.04. The quantitative estimate of drug-likeness (QED) is 0.618. The molecule has 0 amide bonds. The molecule has 16 heavy (non-hydrogen) atoms. The Morgan fingerprint density at radius 2 is 2.25 bits per heavy atom. The zero-order valence-electron chi connectivity index (χ0n) is 9.56.